The second kappa shape index (κ2) is 11.3. The van der Waals surface area contributed by atoms with E-state index in [1.54, 1.807) is 31.4 Å². The molecule has 0 saturated heterocycles. The number of carbonyl (C=O) groups excluding carboxylic acids is 2. The Hall–Kier alpha value is -3.49. The molecular formula is C27H30N2O5S. The summed E-state index contributed by atoms with van der Waals surface area (Å²) < 4.78 is 32.9. The maximum atomic E-state index is 12.9. The molecule has 3 aromatic carbocycles. The first-order valence-electron chi connectivity index (χ1n) is 11.2. The van der Waals surface area contributed by atoms with Gasteiger partial charge in [-0.05, 0) is 60.4 Å². The summed E-state index contributed by atoms with van der Waals surface area (Å²) in [6, 6.07) is 20.0. The normalized spacial score (nSPS) is 12.3. The fourth-order valence-electron chi connectivity index (χ4n) is 3.58. The van der Waals surface area contributed by atoms with Gasteiger partial charge in [0, 0.05) is 17.7 Å². The van der Waals surface area contributed by atoms with E-state index in [9.17, 15) is 18.0 Å². The molecule has 0 fully saturated rings. The number of methoxy groups -OCH3 is 1. The highest BCUT2D eigenvalue weighted by atomic mass is 32.2. The molecule has 1 atom stereocenters. The van der Waals surface area contributed by atoms with Crippen molar-refractivity contribution in [2.75, 3.05) is 7.11 Å². The zero-order valence-electron chi connectivity index (χ0n) is 20.2. The molecule has 3 aromatic rings. The van der Waals surface area contributed by atoms with Crippen LogP contribution in [0.3, 0.4) is 0 Å². The lowest BCUT2D eigenvalue weighted by Gasteiger charge is -2.23. The van der Waals surface area contributed by atoms with Gasteiger partial charge < -0.3 is 10.1 Å². The van der Waals surface area contributed by atoms with E-state index in [4.69, 9.17) is 4.74 Å². The number of carbonyl (C=O) groups is 2. The summed E-state index contributed by atoms with van der Waals surface area (Å²) in [6.45, 7) is 5.57. The summed E-state index contributed by atoms with van der Waals surface area (Å²) in [6.07, 6.45) is 0. The Balaban J connectivity index is 1.64. The van der Waals surface area contributed by atoms with E-state index in [-0.39, 0.29) is 35.1 Å². The molecule has 0 saturated carbocycles. The van der Waals surface area contributed by atoms with Crippen molar-refractivity contribution in [1.82, 2.24) is 10.0 Å². The molecule has 0 aliphatic carbocycles. The Labute approximate surface area is 206 Å². The Kier molecular flexibility index (Phi) is 8.43. The van der Waals surface area contributed by atoms with E-state index in [0.717, 1.165) is 11.3 Å². The van der Waals surface area contributed by atoms with Crippen LogP contribution in [-0.2, 0) is 16.6 Å². The van der Waals surface area contributed by atoms with Crippen LogP contribution >= 0.6 is 0 Å². The minimum absolute atomic E-state index is 0.0686. The molecule has 0 bridgehead atoms. The minimum Gasteiger partial charge on any atom is -0.497 e. The SMILES string of the molecule is COc1ccc(C(NC(=O)c2ccc(CNS(=O)(=O)c3ccc(C(C)=O)cc3)cc2)C(C)C)cc1. The Morgan fingerprint density at radius 2 is 1.43 bits per heavy atom. The zero-order chi connectivity index (χ0) is 25.6. The van der Waals surface area contributed by atoms with Crippen LogP contribution in [0.5, 0.6) is 5.75 Å². The quantitative estimate of drug-likeness (QED) is 0.404. The first-order chi connectivity index (χ1) is 16.6. The lowest BCUT2D eigenvalue weighted by molar-refractivity contribution is 0.0925. The topological polar surface area (TPSA) is 102 Å². The monoisotopic (exact) mass is 494 g/mol. The highest BCUT2D eigenvalue weighted by Crippen LogP contribution is 2.24. The molecule has 0 radical (unpaired) electrons. The second-order valence-corrected chi connectivity index (χ2v) is 10.3. The number of sulfonamides is 1. The zero-order valence-corrected chi connectivity index (χ0v) is 21.1. The van der Waals surface area contributed by atoms with Gasteiger partial charge in [-0.2, -0.15) is 0 Å². The van der Waals surface area contributed by atoms with E-state index >= 15 is 0 Å². The number of hydrogen-bond donors (Lipinski definition) is 2. The van der Waals surface area contributed by atoms with Gasteiger partial charge in [0.05, 0.1) is 18.0 Å². The maximum absolute atomic E-state index is 12.9. The minimum atomic E-state index is -3.74. The van der Waals surface area contributed by atoms with Crippen LogP contribution in [0.15, 0.2) is 77.7 Å². The second-order valence-electron chi connectivity index (χ2n) is 8.57. The average molecular weight is 495 g/mol. The number of benzene rings is 3. The predicted molar refractivity (Wildman–Crippen MR) is 135 cm³/mol. The summed E-state index contributed by atoms with van der Waals surface area (Å²) in [5.74, 6) is 0.583. The standard InChI is InChI=1S/C27H30N2O5S/c1-18(2)26(22-9-13-24(34-4)14-10-22)29-27(31)23-7-5-20(6-8-23)17-28-35(32,33)25-15-11-21(12-16-25)19(3)30/h5-16,18,26,28H,17H2,1-4H3,(H,29,31). The smallest absolute Gasteiger partial charge is 0.251 e. The number of ether oxygens (including phenoxy) is 1. The number of nitrogens with one attached hydrogen (secondary N) is 2. The molecule has 0 spiro atoms. The summed E-state index contributed by atoms with van der Waals surface area (Å²) in [5.41, 5.74) is 2.62. The third-order valence-electron chi connectivity index (χ3n) is 5.68. The fraction of sp³-hybridized carbons (Fsp3) is 0.259. The molecule has 2 N–H and O–H groups in total. The first kappa shape index (κ1) is 26.1. The molecule has 0 aliphatic rings. The van der Waals surface area contributed by atoms with E-state index < -0.39 is 10.0 Å². The van der Waals surface area contributed by atoms with Crippen molar-refractivity contribution in [2.45, 2.75) is 38.3 Å². The van der Waals surface area contributed by atoms with Crippen LogP contribution in [0.1, 0.15) is 58.7 Å². The molecule has 1 unspecified atom stereocenters. The van der Waals surface area contributed by atoms with Gasteiger partial charge >= 0.3 is 0 Å². The van der Waals surface area contributed by atoms with Crippen LogP contribution in [-0.4, -0.2) is 27.2 Å². The molecule has 0 aliphatic heterocycles. The fourth-order valence-corrected chi connectivity index (χ4v) is 4.59. The van der Waals surface area contributed by atoms with Gasteiger partial charge in [-0.3, -0.25) is 9.59 Å². The van der Waals surface area contributed by atoms with Crippen molar-refractivity contribution in [3.8, 4) is 5.75 Å². The summed E-state index contributed by atoms with van der Waals surface area (Å²) in [4.78, 5) is 24.3. The van der Waals surface area contributed by atoms with Crippen molar-refractivity contribution < 1.29 is 22.7 Å². The van der Waals surface area contributed by atoms with Gasteiger partial charge in [0.2, 0.25) is 10.0 Å². The predicted octanol–water partition coefficient (Wildman–Crippen LogP) is 4.50. The third-order valence-corrected chi connectivity index (χ3v) is 7.10. The van der Waals surface area contributed by atoms with Crippen molar-refractivity contribution in [3.63, 3.8) is 0 Å². The number of hydrogen-bond acceptors (Lipinski definition) is 5. The average Bonchev–Trinajstić information content (AvgIpc) is 2.86. The van der Waals surface area contributed by atoms with E-state index in [0.29, 0.717) is 16.7 Å². The Morgan fingerprint density at radius 3 is 1.94 bits per heavy atom. The Morgan fingerprint density at radius 1 is 0.857 bits per heavy atom. The number of rotatable bonds is 10. The van der Waals surface area contributed by atoms with Gasteiger partial charge in [0.1, 0.15) is 5.75 Å². The van der Waals surface area contributed by atoms with Crippen LogP contribution in [0.2, 0.25) is 0 Å². The van der Waals surface area contributed by atoms with Crippen LogP contribution in [0, 0.1) is 5.92 Å². The van der Waals surface area contributed by atoms with Gasteiger partial charge in [0.25, 0.3) is 5.91 Å². The third kappa shape index (κ3) is 6.77. The van der Waals surface area contributed by atoms with Crippen molar-refractivity contribution in [1.29, 1.82) is 0 Å². The van der Waals surface area contributed by atoms with Gasteiger partial charge in [0.15, 0.2) is 5.78 Å². The van der Waals surface area contributed by atoms with Crippen molar-refractivity contribution in [3.05, 3.63) is 95.1 Å². The molecule has 0 heterocycles. The molecule has 0 aromatic heterocycles. The molecule has 3 rings (SSSR count). The van der Waals surface area contributed by atoms with Crippen molar-refractivity contribution >= 4 is 21.7 Å². The molecular weight excluding hydrogens is 464 g/mol. The van der Waals surface area contributed by atoms with Crippen molar-refractivity contribution in [2.24, 2.45) is 5.92 Å². The maximum Gasteiger partial charge on any atom is 0.251 e. The highest BCUT2D eigenvalue weighted by molar-refractivity contribution is 7.89. The molecule has 35 heavy (non-hydrogen) atoms. The summed E-state index contributed by atoms with van der Waals surface area (Å²) in [7, 11) is -2.13. The van der Waals surface area contributed by atoms with Gasteiger partial charge in [-0.1, -0.05) is 50.2 Å². The van der Waals surface area contributed by atoms with E-state index in [1.807, 2.05) is 38.1 Å². The Bertz CT molecular complexity index is 1270. The molecule has 7 nitrogen and oxygen atoms in total. The lowest BCUT2D eigenvalue weighted by atomic mass is 9.95. The first-order valence-corrected chi connectivity index (χ1v) is 12.7. The number of amides is 1. The van der Waals surface area contributed by atoms with E-state index in [1.165, 1.54) is 31.2 Å². The molecule has 1 amide bonds. The largest absolute Gasteiger partial charge is 0.497 e. The van der Waals surface area contributed by atoms with Crippen LogP contribution in [0.4, 0.5) is 0 Å². The highest BCUT2D eigenvalue weighted by Gasteiger charge is 2.20. The summed E-state index contributed by atoms with van der Waals surface area (Å²) >= 11 is 0. The van der Waals surface area contributed by atoms with E-state index in [2.05, 4.69) is 10.0 Å². The summed E-state index contributed by atoms with van der Waals surface area (Å²) in [5, 5.41) is 3.08. The van der Waals surface area contributed by atoms with Gasteiger partial charge in [-0.15, -0.1) is 0 Å². The van der Waals surface area contributed by atoms with Crippen LogP contribution < -0.4 is 14.8 Å². The lowest BCUT2D eigenvalue weighted by Crippen LogP contribution is -2.31. The molecule has 8 heteroatoms. The molecule has 184 valence electrons. The number of ketones is 1. The number of Topliss-reactive ketones (excluding diaryl/α,β-unsaturated/α-hetero) is 1. The van der Waals surface area contributed by atoms with Crippen LogP contribution in [0.25, 0.3) is 0 Å². The van der Waals surface area contributed by atoms with Gasteiger partial charge in [-0.25, -0.2) is 13.1 Å².